The maximum absolute atomic E-state index is 12.8. The van der Waals surface area contributed by atoms with E-state index < -0.39 is 17.8 Å². The van der Waals surface area contributed by atoms with Crippen molar-refractivity contribution in [3.63, 3.8) is 0 Å². The Labute approximate surface area is 228 Å². The first-order valence-corrected chi connectivity index (χ1v) is 12.0. The lowest BCUT2D eigenvalue weighted by molar-refractivity contribution is 0.0732. The lowest BCUT2D eigenvalue weighted by atomic mass is 10.1. The molecule has 0 heterocycles. The zero-order valence-corrected chi connectivity index (χ0v) is 21.5. The largest absolute Gasteiger partial charge is 0.423 e. The fourth-order valence-corrected chi connectivity index (χ4v) is 3.53. The first-order chi connectivity index (χ1) is 18.3. The SMILES string of the molecule is Cc1cccc(C(=O)NN=Cc2ccc(OC(=O)c3ccc(Cl)cc3)cc2OC(=O)c2ccc(Cl)cc2)c1. The topological polar surface area (TPSA) is 94.1 Å². The second kappa shape index (κ2) is 12.2. The van der Waals surface area contributed by atoms with Crippen LogP contribution in [-0.4, -0.2) is 24.1 Å². The van der Waals surface area contributed by atoms with Crippen LogP contribution in [0.5, 0.6) is 11.5 Å². The van der Waals surface area contributed by atoms with Gasteiger partial charge >= 0.3 is 11.9 Å². The molecule has 0 aromatic heterocycles. The number of halogens is 2. The van der Waals surface area contributed by atoms with Crippen LogP contribution in [0.2, 0.25) is 10.0 Å². The predicted octanol–water partition coefficient (Wildman–Crippen LogP) is 6.50. The van der Waals surface area contributed by atoms with Crippen molar-refractivity contribution in [2.24, 2.45) is 5.10 Å². The average molecular weight is 547 g/mol. The van der Waals surface area contributed by atoms with Crippen LogP contribution < -0.4 is 14.9 Å². The number of amides is 1. The van der Waals surface area contributed by atoms with Gasteiger partial charge in [0.05, 0.1) is 17.3 Å². The van der Waals surface area contributed by atoms with E-state index in [0.717, 1.165) is 5.56 Å². The summed E-state index contributed by atoms with van der Waals surface area (Å²) in [6.45, 7) is 1.88. The first kappa shape index (κ1) is 26.6. The van der Waals surface area contributed by atoms with Gasteiger partial charge in [0.15, 0.2) is 0 Å². The molecule has 9 heteroatoms. The highest BCUT2D eigenvalue weighted by atomic mass is 35.5. The molecule has 0 bridgehead atoms. The third kappa shape index (κ3) is 7.06. The van der Waals surface area contributed by atoms with E-state index >= 15 is 0 Å². The molecule has 4 aromatic carbocycles. The van der Waals surface area contributed by atoms with E-state index in [9.17, 15) is 14.4 Å². The Morgan fingerprint density at radius 3 is 1.95 bits per heavy atom. The molecule has 0 aliphatic carbocycles. The Hall–Kier alpha value is -4.46. The molecular weight excluding hydrogens is 527 g/mol. The number of ether oxygens (including phenoxy) is 2. The average Bonchev–Trinajstić information content (AvgIpc) is 2.90. The molecule has 1 amide bonds. The fraction of sp³-hybridized carbons (Fsp3) is 0.0345. The molecule has 0 aliphatic rings. The molecule has 0 aliphatic heterocycles. The molecule has 0 spiro atoms. The molecule has 4 rings (SSSR count). The van der Waals surface area contributed by atoms with Crippen molar-refractivity contribution in [1.29, 1.82) is 0 Å². The third-order valence-corrected chi connectivity index (χ3v) is 5.71. The summed E-state index contributed by atoms with van der Waals surface area (Å²) in [4.78, 5) is 37.7. The number of carbonyl (C=O) groups excluding carboxylic acids is 3. The van der Waals surface area contributed by atoms with Gasteiger partial charge in [-0.3, -0.25) is 4.79 Å². The van der Waals surface area contributed by atoms with Crippen molar-refractivity contribution in [3.05, 3.63) is 129 Å². The molecule has 190 valence electrons. The molecule has 0 saturated carbocycles. The smallest absolute Gasteiger partial charge is 0.343 e. The van der Waals surface area contributed by atoms with E-state index in [0.29, 0.717) is 26.7 Å². The minimum Gasteiger partial charge on any atom is -0.423 e. The highest BCUT2D eigenvalue weighted by Crippen LogP contribution is 2.26. The van der Waals surface area contributed by atoms with Crippen LogP contribution in [0, 0.1) is 6.92 Å². The Bertz CT molecular complexity index is 1520. The zero-order valence-electron chi connectivity index (χ0n) is 20.0. The Kier molecular flexibility index (Phi) is 8.53. The quantitative estimate of drug-likeness (QED) is 0.123. The molecule has 0 saturated heterocycles. The Balaban J connectivity index is 1.56. The molecule has 38 heavy (non-hydrogen) atoms. The van der Waals surface area contributed by atoms with Crippen LogP contribution in [0.15, 0.2) is 96.1 Å². The summed E-state index contributed by atoms with van der Waals surface area (Å²) in [5.74, 6) is -1.51. The van der Waals surface area contributed by atoms with E-state index in [1.54, 1.807) is 42.5 Å². The van der Waals surface area contributed by atoms with Gasteiger partial charge < -0.3 is 9.47 Å². The standard InChI is InChI=1S/C29H20Cl2N2O5/c1-18-3-2-4-21(15-18)27(34)33-32-17-22-9-14-25(37-28(35)19-5-10-23(30)11-6-19)16-26(22)38-29(36)20-7-12-24(31)13-8-20/h2-17H,1H3,(H,33,34). The Morgan fingerprint density at radius 2 is 1.34 bits per heavy atom. The van der Waals surface area contributed by atoms with E-state index in [1.807, 2.05) is 13.0 Å². The van der Waals surface area contributed by atoms with Crippen molar-refractivity contribution in [2.45, 2.75) is 6.92 Å². The second-order valence-electron chi connectivity index (χ2n) is 8.06. The lowest BCUT2D eigenvalue weighted by Crippen LogP contribution is -2.18. The van der Waals surface area contributed by atoms with Gasteiger partial charge in [0.1, 0.15) is 11.5 Å². The summed E-state index contributed by atoms with van der Waals surface area (Å²) < 4.78 is 11.0. The zero-order chi connectivity index (χ0) is 27.1. The number of hydrogen-bond donors (Lipinski definition) is 1. The maximum atomic E-state index is 12.8. The molecule has 0 radical (unpaired) electrons. The van der Waals surface area contributed by atoms with Gasteiger partial charge in [-0.05, 0) is 79.7 Å². The van der Waals surface area contributed by atoms with E-state index in [4.69, 9.17) is 32.7 Å². The van der Waals surface area contributed by atoms with E-state index in [-0.39, 0.29) is 17.1 Å². The summed E-state index contributed by atoms with van der Waals surface area (Å²) in [5.41, 5.74) is 4.72. The van der Waals surface area contributed by atoms with Crippen LogP contribution in [-0.2, 0) is 0 Å². The van der Waals surface area contributed by atoms with Gasteiger partial charge in [-0.2, -0.15) is 5.10 Å². The first-order valence-electron chi connectivity index (χ1n) is 11.3. The highest BCUT2D eigenvalue weighted by Gasteiger charge is 2.15. The fourth-order valence-electron chi connectivity index (χ4n) is 3.28. The Morgan fingerprint density at radius 1 is 0.737 bits per heavy atom. The number of rotatable bonds is 7. The number of carbonyl (C=O) groups is 3. The summed E-state index contributed by atoms with van der Waals surface area (Å²) in [5, 5.41) is 4.94. The lowest BCUT2D eigenvalue weighted by Gasteiger charge is -2.11. The van der Waals surface area contributed by atoms with Crippen molar-refractivity contribution < 1.29 is 23.9 Å². The minimum atomic E-state index is -0.665. The molecule has 0 fully saturated rings. The van der Waals surface area contributed by atoms with Crippen LogP contribution >= 0.6 is 23.2 Å². The third-order valence-electron chi connectivity index (χ3n) is 5.21. The van der Waals surface area contributed by atoms with Crippen molar-refractivity contribution in [1.82, 2.24) is 5.43 Å². The summed E-state index contributed by atoms with van der Waals surface area (Å²) in [7, 11) is 0. The molecule has 7 nitrogen and oxygen atoms in total. The van der Waals surface area contributed by atoms with Gasteiger partial charge in [-0.15, -0.1) is 0 Å². The number of hydrogen-bond acceptors (Lipinski definition) is 6. The predicted molar refractivity (Wildman–Crippen MR) is 146 cm³/mol. The summed E-state index contributed by atoms with van der Waals surface area (Å²) in [6, 6.07) is 23.8. The molecule has 4 aromatic rings. The van der Waals surface area contributed by atoms with Gasteiger partial charge in [0.25, 0.3) is 5.91 Å². The number of aryl methyl sites for hydroxylation is 1. The number of benzene rings is 4. The number of nitrogens with one attached hydrogen (secondary N) is 1. The van der Waals surface area contributed by atoms with Crippen LogP contribution in [0.3, 0.4) is 0 Å². The highest BCUT2D eigenvalue weighted by molar-refractivity contribution is 6.31. The van der Waals surface area contributed by atoms with Gasteiger partial charge in [-0.1, -0.05) is 40.9 Å². The van der Waals surface area contributed by atoms with Crippen molar-refractivity contribution in [3.8, 4) is 11.5 Å². The van der Waals surface area contributed by atoms with Crippen LogP contribution in [0.4, 0.5) is 0 Å². The number of esters is 2. The molecule has 1 N–H and O–H groups in total. The van der Waals surface area contributed by atoms with Crippen molar-refractivity contribution in [2.75, 3.05) is 0 Å². The van der Waals surface area contributed by atoms with Gasteiger partial charge in [0.2, 0.25) is 0 Å². The monoisotopic (exact) mass is 546 g/mol. The van der Waals surface area contributed by atoms with E-state index in [1.165, 1.54) is 48.7 Å². The van der Waals surface area contributed by atoms with Gasteiger partial charge in [-0.25, -0.2) is 15.0 Å². The van der Waals surface area contributed by atoms with E-state index in [2.05, 4.69) is 10.5 Å². The van der Waals surface area contributed by atoms with Crippen LogP contribution in [0.25, 0.3) is 0 Å². The maximum Gasteiger partial charge on any atom is 0.343 e. The van der Waals surface area contributed by atoms with Crippen LogP contribution in [0.1, 0.15) is 42.2 Å². The number of hydrazone groups is 1. The second-order valence-corrected chi connectivity index (χ2v) is 8.93. The van der Waals surface area contributed by atoms with Gasteiger partial charge in [0, 0.05) is 27.2 Å². The number of nitrogens with zero attached hydrogens (tertiary/aromatic N) is 1. The minimum absolute atomic E-state index is 0.0555. The molecule has 0 atom stereocenters. The van der Waals surface area contributed by atoms with Crippen molar-refractivity contribution >= 4 is 47.3 Å². The molecular formula is C29H20Cl2N2O5. The summed E-state index contributed by atoms with van der Waals surface area (Å²) >= 11 is 11.8. The molecule has 0 unspecified atom stereocenters. The summed E-state index contributed by atoms with van der Waals surface area (Å²) in [6.07, 6.45) is 1.32. The normalized spacial score (nSPS) is 10.7.